The first kappa shape index (κ1) is 31.7. The van der Waals surface area contributed by atoms with Crippen molar-refractivity contribution in [3.8, 4) is 45.8 Å². The van der Waals surface area contributed by atoms with Crippen LogP contribution < -0.4 is 0 Å². The average Bonchev–Trinajstić information content (AvgIpc) is 3.73. The molecule has 0 saturated heterocycles. The van der Waals surface area contributed by atoms with Crippen LogP contribution >= 0.6 is 0 Å². The molecule has 0 fully saturated rings. The zero-order valence-electron chi connectivity index (χ0n) is 25.8. The summed E-state index contributed by atoms with van der Waals surface area (Å²) in [4.78, 5) is 0. The Morgan fingerprint density at radius 2 is 0.476 bits per heavy atom. The third kappa shape index (κ3) is 8.58. The first-order valence-electron chi connectivity index (χ1n) is 14.4. The summed E-state index contributed by atoms with van der Waals surface area (Å²) < 4.78 is 11.4. The SMILES string of the molecule is CC.CC.Cc1ccc(-c2nnc(-c3ccc(C)cc3)o2)cc1.Cc1ccc(-c2nnc(-c3ccc(C)cc3)o2)cc1. The Morgan fingerprint density at radius 1 is 0.310 bits per heavy atom. The van der Waals surface area contributed by atoms with E-state index >= 15 is 0 Å². The van der Waals surface area contributed by atoms with Crippen molar-refractivity contribution in [1.29, 1.82) is 0 Å². The van der Waals surface area contributed by atoms with E-state index in [1.807, 2.05) is 125 Å². The summed E-state index contributed by atoms with van der Waals surface area (Å²) in [6.45, 7) is 16.2. The van der Waals surface area contributed by atoms with Crippen LogP contribution in [0.5, 0.6) is 0 Å². The zero-order chi connectivity index (χ0) is 30.5. The van der Waals surface area contributed by atoms with Crippen molar-refractivity contribution < 1.29 is 8.83 Å². The third-order valence-corrected chi connectivity index (χ3v) is 6.04. The molecule has 0 saturated carbocycles. The van der Waals surface area contributed by atoms with E-state index in [2.05, 4.69) is 48.1 Å². The van der Waals surface area contributed by atoms with Gasteiger partial charge in [0, 0.05) is 22.3 Å². The zero-order valence-corrected chi connectivity index (χ0v) is 25.8. The van der Waals surface area contributed by atoms with E-state index in [0.717, 1.165) is 22.3 Å². The molecule has 0 N–H and O–H groups in total. The molecule has 6 rings (SSSR count). The first-order valence-corrected chi connectivity index (χ1v) is 14.4. The van der Waals surface area contributed by atoms with Crippen molar-refractivity contribution in [2.45, 2.75) is 55.4 Å². The van der Waals surface area contributed by atoms with Crippen LogP contribution in [0.1, 0.15) is 49.9 Å². The van der Waals surface area contributed by atoms with Crippen molar-refractivity contribution in [1.82, 2.24) is 20.4 Å². The summed E-state index contributed by atoms with van der Waals surface area (Å²) in [5.41, 5.74) is 8.61. The third-order valence-electron chi connectivity index (χ3n) is 6.04. The fourth-order valence-electron chi connectivity index (χ4n) is 3.70. The van der Waals surface area contributed by atoms with Gasteiger partial charge in [-0.3, -0.25) is 0 Å². The Hall–Kier alpha value is -4.84. The van der Waals surface area contributed by atoms with Gasteiger partial charge < -0.3 is 8.83 Å². The summed E-state index contributed by atoms with van der Waals surface area (Å²) in [6.07, 6.45) is 0. The maximum Gasteiger partial charge on any atom is 0.248 e. The van der Waals surface area contributed by atoms with Crippen LogP contribution in [0.15, 0.2) is 106 Å². The average molecular weight is 561 g/mol. The predicted octanol–water partition coefficient (Wildman–Crippen LogP) is 10.1. The molecule has 0 aliphatic rings. The topological polar surface area (TPSA) is 77.8 Å². The second-order valence-electron chi connectivity index (χ2n) is 9.29. The summed E-state index contributed by atoms with van der Waals surface area (Å²) in [6, 6.07) is 32.2. The number of hydrogen-bond acceptors (Lipinski definition) is 6. The molecule has 0 aliphatic carbocycles. The normalized spacial score (nSPS) is 9.90. The lowest BCUT2D eigenvalue weighted by atomic mass is 10.1. The van der Waals surface area contributed by atoms with Gasteiger partial charge in [-0.25, -0.2) is 0 Å². The lowest BCUT2D eigenvalue weighted by molar-refractivity contribution is 0.584. The molecular weight excluding hydrogens is 520 g/mol. The van der Waals surface area contributed by atoms with E-state index in [9.17, 15) is 0 Å². The highest BCUT2D eigenvalue weighted by molar-refractivity contribution is 5.59. The number of benzene rings is 4. The number of aromatic nitrogens is 4. The summed E-state index contributed by atoms with van der Waals surface area (Å²) in [5, 5.41) is 16.4. The van der Waals surface area contributed by atoms with Crippen LogP contribution in [0.2, 0.25) is 0 Å². The molecule has 0 amide bonds. The van der Waals surface area contributed by atoms with Crippen LogP contribution in [0.4, 0.5) is 0 Å². The van der Waals surface area contributed by atoms with Crippen molar-refractivity contribution in [2.24, 2.45) is 0 Å². The minimum Gasteiger partial charge on any atom is -0.416 e. The Morgan fingerprint density at radius 3 is 0.643 bits per heavy atom. The van der Waals surface area contributed by atoms with Crippen molar-refractivity contribution in [2.75, 3.05) is 0 Å². The predicted molar refractivity (Wildman–Crippen MR) is 172 cm³/mol. The van der Waals surface area contributed by atoms with Gasteiger partial charge in [0.25, 0.3) is 0 Å². The maximum absolute atomic E-state index is 5.71. The second kappa shape index (κ2) is 15.8. The van der Waals surface area contributed by atoms with E-state index in [1.165, 1.54) is 22.3 Å². The van der Waals surface area contributed by atoms with Gasteiger partial charge in [0.1, 0.15) is 0 Å². The minimum absolute atomic E-state index is 0.551. The van der Waals surface area contributed by atoms with Crippen molar-refractivity contribution in [3.63, 3.8) is 0 Å². The van der Waals surface area contributed by atoms with E-state index in [1.54, 1.807) is 0 Å². The Balaban J connectivity index is 0.000000206. The summed E-state index contributed by atoms with van der Waals surface area (Å²) >= 11 is 0. The van der Waals surface area contributed by atoms with Gasteiger partial charge in [-0.2, -0.15) is 0 Å². The lowest BCUT2D eigenvalue weighted by Gasteiger charge is -1.96. The molecule has 6 heteroatoms. The molecule has 216 valence electrons. The van der Waals surface area contributed by atoms with Gasteiger partial charge >= 0.3 is 0 Å². The van der Waals surface area contributed by atoms with Crippen molar-refractivity contribution in [3.05, 3.63) is 119 Å². The van der Waals surface area contributed by atoms with Crippen LogP contribution in [0.3, 0.4) is 0 Å². The maximum atomic E-state index is 5.71. The molecule has 0 spiro atoms. The molecule has 0 unspecified atom stereocenters. The van der Waals surface area contributed by atoms with Crippen LogP contribution in [-0.4, -0.2) is 20.4 Å². The minimum atomic E-state index is 0.551. The fourth-order valence-corrected chi connectivity index (χ4v) is 3.70. The van der Waals surface area contributed by atoms with Crippen molar-refractivity contribution >= 4 is 0 Å². The van der Waals surface area contributed by atoms with Gasteiger partial charge in [-0.15, -0.1) is 20.4 Å². The highest BCUT2D eigenvalue weighted by atomic mass is 16.4. The molecule has 6 aromatic rings. The first-order chi connectivity index (χ1) is 20.4. The van der Waals surface area contributed by atoms with E-state index in [-0.39, 0.29) is 0 Å². The van der Waals surface area contributed by atoms with E-state index in [0.29, 0.717) is 23.6 Å². The summed E-state index contributed by atoms with van der Waals surface area (Å²) in [7, 11) is 0. The standard InChI is InChI=1S/2C16H14N2O.2C2H6/c2*1-11-3-7-13(8-4-11)15-17-18-16(19-15)14-9-5-12(2)6-10-14;2*1-2/h2*3-10H,1-2H3;2*1-2H3. The summed E-state index contributed by atoms with van der Waals surface area (Å²) in [5.74, 6) is 2.21. The molecular formula is C36H40N4O2. The molecule has 0 bridgehead atoms. The monoisotopic (exact) mass is 560 g/mol. The number of nitrogens with zero attached hydrogens (tertiary/aromatic N) is 4. The molecule has 2 heterocycles. The van der Waals surface area contributed by atoms with Gasteiger partial charge in [0.15, 0.2) is 0 Å². The highest BCUT2D eigenvalue weighted by Crippen LogP contribution is 2.25. The Kier molecular flexibility index (Phi) is 11.9. The molecule has 6 nitrogen and oxygen atoms in total. The number of hydrogen-bond donors (Lipinski definition) is 0. The molecule has 4 aromatic carbocycles. The van der Waals surface area contributed by atoms with Crippen LogP contribution in [0.25, 0.3) is 45.8 Å². The van der Waals surface area contributed by atoms with Crippen LogP contribution in [0, 0.1) is 27.7 Å². The van der Waals surface area contributed by atoms with E-state index in [4.69, 9.17) is 8.83 Å². The smallest absolute Gasteiger partial charge is 0.248 e. The van der Waals surface area contributed by atoms with Gasteiger partial charge in [-0.05, 0) is 76.2 Å². The molecule has 2 aromatic heterocycles. The van der Waals surface area contributed by atoms with E-state index < -0.39 is 0 Å². The van der Waals surface area contributed by atoms with Gasteiger partial charge in [-0.1, -0.05) is 98.5 Å². The Labute approximate surface area is 249 Å². The largest absolute Gasteiger partial charge is 0.416 e. The van der Waals surface area contributed by atoms with Gasteiger partial charge in [0.2, 0.25) is 23.6 Å². The number of rotatable bonds is 4. The number of aryl methyl sites for hydroxylation is 4. The lowest BCUT2D eigenvalue weighted by Crippen LogP contribution is -1.78. The Bertz CT molecular complexity index is 1370. The molecule has 42 heavy (non-hydrogen) atoms. The second-order valence-corrected chi connectivity index (χ2v) is 9.29. The highest BCUT2D eigenvalue weighted by Gasteiger charge is 2.11. The quantitative estimate of drug-likeness (QED) is 0.213. The van der Waals surface area contributed by atoms with Gasteiger partial charge in [0.05, 0.1) is 0 Å². The van der Waals surface area contributed by atoms with Crippen LogP contribution in [-0.2, 0) is 0 Å². The molecule has 0 aliphatic heterocycles. The fraction of sp³-hybridized carbons (Fsp3) is 0.222. The molecule has 0 atom stereocenters. The molecule has 0 radical (unpaired) electrons.